The number of sulfonamides is 1. The minimum Gasteiger partial charge on any atom is -0.330 e. The molecule has 0 atom stereocenters. The average Bonchev–Trinajstić information content (AvgIpc) is 2.22. The van der Waals surface area contributed by atoms with Crippen LogP contribution in [0.3, 0.4) is 0 Å². The van der Waals surface area contributed by atoms with Crippen LogP contribution in [0, 0.1) is 6.92 Å². The van der Waals surface area contributed by atoms with Crippen molar-refractivity contribution < 1.29 is 8.42 Å². The highest BCUT2D eigenvalue weighted by Crippen LogP contribution is 2.21. The van der Waals surface area contributed by atoms with Crippen molar-refractivity contribution in [2.75, 3.05) is 13.1 Å². The van der Waals surface area contributed by atoms with Gasteiger partial charge in [0, 0.05) is 6.54 Å². The number of rotatable bonds is 5. The van der Waals surface area contributed by atoms with Gasteiger partial charge in [-0.3, -0.25) is 0 Å². The fourth-order valence-corrected chi connectivity index (χ4v) is 2.86. The number of aryl methyl sites for hydroxylation is 1. The summed E-state index contributed by atoms with van der Waals surface area (Å²) in [7, 11) is -3.52. The molecule has 1 aromatic carbocycles. The summed E-state index contributed by atoms with van der Waals surface area (Å²) in [4.78, 5) is 0.117. The quantitative estimate of drug-likeness (QED) is 0.813. The molecule has 0 aliphatic carbocycles. The Kier molecular flexibility index (Phi) is 7.04. The number of hydrogen-bond donors (Lipinski definition) is 2. The third kappa shape index (κ3) is 4.81. The zero-order valence-corrected chi connectivity index (χ0v) is 11.8. The van der Waals surface area contributed by atoms with Gasteiger partial charge >= 0.3 is 0 Å². The van der Waals surface area contributed by atoms with Gasteiger partial charge in [0.2, 0.25) is 10.0 Å². The lowest BCUT2D eigenvalue weighted by Gasteiger charge is -2.08. The van der Waals surface area contributed by atoms with Gasteiger partial charge in [-0.1, -0.05) is 17.7 Å². The Morgan fingerprint density at radius 2 is 2.06 bits per heavy atom. The first-order valence-corrected chi connectivity index (χ1v) is 6.79. The van der Waals surface area contributed by atoms with Gasteiger partial charge in [0.25, 0.3) is 0 Å². The third-order valence-electron chi connectivity index (χ3n) is 2.05. The highest BCUT2D eigenvalue weighted by atomic mass is 35.5. The molecule has 0 aromatic heterocycles. The van der Waals surface area contributed by atoms with E-state index >= 15 is 0 Å². The molecule has 0 radical (unpaired) electrons. The summed E-state index contributed by atoms with van der Waals surface area (Å²) < 4.78 is 26.1. The van der Waals surface area contributed by atoms with Crippen molar-refractivity contribution in [3.8, 4) is 0 Å². The van der Waals surface area contributed by atoms with Gasteiger partial charge in [0.1, 0.15) is 4.90 Å². The summed E-state index contributed by atoms with van der Waals surface area (Å²) in [5, 5.41) is 0.228. The van der Waals surface area contributed by atoms with Gasteiger partial charge in [-0.2, -0.15) is 0 Å². The second-order valence-electron chi connectivity index (χ2n) is 3.47. The van der Waals surface area contributed by atoms with Crippen molar-refractivity contribution in [1.29, 1.82) is 0 Å². The zero-order valence-electron chi connectivity index (χ0n) is 9.44. The first kappa shape index (κ1) is 16.7. The molecular weight excluding hydrogens is 283 g/mol. The molecule has 98 valence electrons. The summed E-state index contributed by atoms with van der Waals surface area (Å²) in [6.45, 7) is 2.59. The van der Waals surface area contributed by atoms with E-state index in [1.807, 2.05) is 6.92 Å². The van der Waals surface area contributed by atoms with Crippen LogP contribution in [0.1, 0.15) is 12.0 Å². The van der Waals surface area contributed by atoms with Crippen molar-refractivity contribution >= 4 is 34.0 Å². The van der Waals surface area contributed by atoms with Gasteiger partial charge in [-0.05, 0) is 37.6 Å². The molecule has 0 fully saturated rings. The molecule has 0 amide bonds. The minimum absolute atomic E-state index is 0. The predicted molar refractivity (Wildman–Crippen MR) is 72.3 cm³/mol. The van der Waals surface area contributed by atoms with Crippen molar-refractivity contribution in [2.45, 2.75) is 18.2 Å². The molecule has 0 heterocycles. The first-order chi connectivity index (χ1) is 7.47. The van der Waals surface area contributed by atoms with Gasteiger partial charge in [0.15, 0.2) is 0 Å². The van der Waals surface area contributed by atoms with E-state index in [1.165, 1.54) is 0 Å². The van der Waals surface area contributed by atoms with E-state index in [2.05, 4.69) is 4.72 Å². The standard InChI is InChI=1S/C10H15ClN2O2S.ClH/c1-8-3-4-9(11)10(7-8)16(14,15)13-6-2-5-12;/h3-4,7,13H,2,5-6,12H2,1H3;1H. The molecule has 4 nitrogen and oxygen atoms in total. The molecule has 0 saturated heterocycles. The Balaban J connectivity index is 0.00000256. The van der Waals surface area contributed by atoms with Crippen LogP contribution < -0.4 is 10.5 Å². The lowest BCUT2D eigenvalue weighted by atomic mass is 10.2. The Morgan fingerprint density at radius 3 is 2.65 bits per heavy atom. The zero-order chi connectivity index (χ0) is 12.2. The van der Waals surface area contributed by atoms with E-state index in [9.17, 15) is 8.42 Å². The maximum atomic E-state index is 11.8. The number of halogens is 2. The predicted octanol–water partition coefficient (Wildman–Crippen LogP) is 1.70. The Morgan fingerprint density at radius 1 is 1.41 bits per heavy atom. The average molecular weight is 299 g/mol. The van der Waals surface area contributed by atoms with E-state index in [0.717, 1.165) is 5.56 Å². The highest BCUT2D eigenvalue weighted by Gasteiger charge is 2.16. The fraction of sp³-hybridized carbons (Fsp3) is 0.400. The summed E-state index contributed by atoms with van der Waals surface area (Å²) in [6, 6.07) is 4.89. The monoisotopic (exact) mass is 298 g/mol. The summed E-state index contributed by atoms with van der Waals surface area (Å²) in [5.74, 6) is 0. The van der Waals surface area contributed by atoms with Crippen molar-refractivity contribution in [3.05, 3.63) is 28.8 Å². The molecule has 0 aliphatic heterocycles. The summed E-state index contributed by atoms with van der Waals surface area (Å²) in [6.07, 6.45) is 0.600. The molecule has 17 heavy (non-hydrogen) atoms. The topological polar surface area (TPSA) is 72.2 Å². The SMILES string of the molecule is Cc1ccc(Cl)c(S(=O)(=O)NCCCN)c1.Cl. The first-order valence-electron chi connectivity index (χ1n) is 4.93. The fourth-order valence-electron chi connectivity index (χ4n) is 1.20. The van der Waals surface area contributed by atoms with Gasteiger partial charge < -0.3 is 5.73 Å². The van der Waals surface area contributed by atoms with Crippen LogP contribution in [0.4, 0.5) is 0 Å². The molecule has 7 heteroatoms. The summed E-state index contributed by atoms with van der Waals surface area (Å²) >= 11 is 5.85. The van der Waals surface area contributed by atoms with E-state index < -0.39 is 10.0 Å². The lowest BCUT2D eigenvalue weighted by Crippen LogP contribution is -2.26. The number of nitrogens with two attached hydrogens (primary N) is 1. The Hall–Kier alpha value is -0.330. The maximum absolute atomic E-state index is 11.8. The van der Waals surface area contributed by atoms with Crippen LogP contribution in [0.25, 0.3) is 0 Å². The van der Waals surface area contributed by atoms with Gasteiger partial charge in [-0.15, -0.1) is 12.4 Å². The molecule has 1 aromatic rings. The Labute approximate surface area is 113 Å². The molecule has 0 bridgehead atoms. The number of hydrogen-bond acceptors (Lipinski definition) is 3. The molecule has 1 rings (SSSR count). The second-order valence-corrected chi connectivity index (χ2v) is 5.62. The van der Waals surface area contributed by atoms with E-state index in [1.54, 1.807) is 18.2 Å². The third-order valence-corrected chi connectivity index (χ3v) is 3.99. The number of benzene rings is 1. The molecule has 0 saturated carbocycles. The highest BCUT2D eigenvalue weighted by molar-refractivity contribution is 7.89. The largest absolute Gasteiger partial charge is 0.330 e. The van der Waals surface area contributed by atoms with Crippen LogP contribution in [0.5, 0.6) is 0 Å². The van der Waals surface area contributed by atoms with Crippen molar-refractivity contribution in [1.82, 2.24) is 4.72 Å². The van der Waals surface area contributed by atoms with E-state index in [4.69, 9.17) is 17.3 Å². The van der Waals surface area contributed by atoms with Gasteiger partial charge in [0.05, 0.1) is 5.02 Å². The maximum Gasteiger partial charge on any atom is 0.242 e. The second kappa shape index (κ2) is 7.18. The van der Waals surface area contributed by atoms with E-state index in [-0.39, 0.29) is 22.3 Å². The van der Waals surface area contributed by atoms with Crippen LogP contribution in [0.2, 0.25) is 5.02 Å². The van der Waals surface area contributed by atoms with Crippen LogP contribution in [-0.4, -0.2) is 21.5 Å². The lowest BCUT2D eigenvalue weighted by molar-refractivity contribution is 0.579. The smallest absolute Gasteiger partial charge is 0.242 e. The van der Waals surface area contributed by atoms with Gasteiger partial charge in [-0.25, -0.2) is 13.1 Å². The Bertz CT molecular complexity index is 463. The van der Waals surface area contributed by atoms with E-state index in [0.29, 0.717) is 19.5 Å². The minimum atomic E-state index is -3.52. The summed E-state index contributed by atoms with van der Waals surface area (Å²) in [5.41, 5.74) is 6.14. The molecular formula is C10H16Cl2N2O2S. The molecule has 3 N–H and O–H groups in total. The van der Waals surface area contributed by atoms with Crippen molar-refractivity contribution in [3.63, 3.8) is 0 Å². The molecule has 0 spiro atoms. The number of nitrogens with one attached hydrogen (secondary N) is 1. The molecule has 0 unspecified atom stereocenters. The van der Waals surface area contributed by atoms with Crippen LogP contribution in [-0.2, 0) is 10.0 Å². The van der Waals surface area contributed by atoms with Crippen molar-refractivity contribution in [2.24, 2.45) is 5.73 Å². The van der Waals surface area contributed by atoms with Crippen LogP contribution >= 0.6 is 24.0 Å². The van der Waals surface area contributed by atoms with Crippen LogP contribution in [0.15, 0.2) is 23.1 Å². The molecule has 0 aliphatic rings. The normalized spacial score (nSPS) is 11.0.